The van der Waals surface area contributed by atoms with Gasteiger partial charge in [-0.15, -0.1) is 0 Å². The molecule has 20 heavy (non-hydrogen) atoms. The fraction of sp³-hybridized carbons (Fsp3) is 1.00. The van der Waals surface area contributed by atoms with Gasteiger partial charge in [0, 0.05) is 32.3 Å². The second-order valence-corrected chi connectivity index (χ2v) is 8.52. The van der Waals surface area contributed by atoms with Gasteiger partial charge in [0.15, 0.2) is 0 Å². The maximum absolute atomic E-state index is 13.2. The molecule has 0 aliphatic carbocycles. The van der Waals surface area contributed by atoms with Gasteiger partial charge in [-0.1, -0.05) is 0 Å². The van der Waals surface area contributed by atoms with Gasteiger partial charge in [-0.2, -0.15) is 8.78 Å². The topological polar surface area (TPSA) is 85.2 Å². The van der Waals surface area contributed by atoms with Crippen LogP contribution in [0.4, 0.5) is 8.78 Å². The zero-order valence-corrected chi connectivity index (χ0v) is 13.9. The first-order valence-electron chi connectivity index (χ1n) is 6.49. The van der Waals surface area contributed by atoms with Crippen LogP contribution in [-0.2, 0) is 17.8 Å². The molecule has 10 heteroatoms. The van der Waals surface area contributed by atoms with E-state index in [1.54, 1.807) is 20.8 Å². The average molecular weight is 336 g/mol. The van der Waals surface area contributed by atoms with Crippen molar-refractivity contribution in [3.8, 4) is 0 Å². The molecule has 0 radical (unpaired) electrons. The van der Waals surface area contributed by atoms with Gasteiger partial charge < -0.3 is 23.1 Å². The molecule has 0 aromatic heterocycles. The number of hydrogen-bond acceptors (Lipinski definition) is 4. The molecule has 0 aromatic rings. The van der Waals surface area contributed by atoms with Crippen molar-refractivity contribution >= 4 is 16.4 Å². The minimum Gasteiger partial charge on any atom is -0.374 e. The van der Waals surface area contributed by atoms with Gasteiger partial charge in [-0.05, 0) is 27.2 Å². The van der Waals surface area contributed by atoms with Gasteiger partial charge >= 0.3 is 22.1 Å². The van der Waals surface area contributed by atoms with Crippen LogP contribution in [-0.4, -0.2) is 44.1 Å². The molecule has 0 amide bonds. The van der Waals surface area contributed by atoms with E-state index < -0.39 is 28.5 Å². The quantitative estimate of drug-likeness (QED) is 0.446. The highest BCUT2D eigenvalue weighted by Gasteiger charge is 2.49. The highest BCUT2D eigenvalue weighted by Crippen LogP contribution is 2.55. The van der Waals surface area contributed by atoms with Crippen molar-refractivity contribution in [3.63, 3.8) is 0 Å². The van der Waals surface area contributed by atoms with Crippen molar-refractivity contribution in [2.45, 2.75) is 45.3 Å². The highest BCUT2D eigenvalue weighted by atomic mass is 31.2. The molecule has 2 N–H and O–H groups in total. The summed E-state index contributed by atoms with van der Waals surface area (Å²) in [7, 11) is -8.48. The van der Waals surface area contributed by atoms with E-state index in [2.05, 4.69) is 0 Å². The number of rotatable bonds is 11. The van der Waals surface area contributed by atoms with Gasteiger partial charge in [0.2, 0.25) is 0 Å². The molecule has 6 nitrogen and oxygen atoms in total. The fourth-order valence-corrected chi connectivity index (χ4v) is 4.73. The molecule has 0 atom stereocenters. The predicted molar refractivity (Wildman–Crippen MR) is 71.7 cm³/mol. The predicted octanol–water partition coefficient (Wildman–Crippen LogP) is 2.59. The monoisotopic (exact) mass is 336 g/mol. The fourth-order valence-electron chi connectivity index (χ4n) is 1.66. The number of halogens is 2. The summed E-state index contributed by atoms with van der Waals surface area (Å²) in [6.45, 7) is 6.18. The largest absolute Gasteiger partial charge is 0.500 e. The summed E-state index contributed by atoms with van der Waals surface area (Å²) in [5, 5.41) is 0. The summed E-state index contributed by atoms with van der Waals surface area (Å²) < 4.78 is 53.4. The minimum atomic E-state index is -5.44. The van der Waals surface area contributed by atoms with E-state index in [4.69, 9.17) is 23.1 Å². The van der Waals surface area contributed by atoms with Crippen LogP contribution < -0.4 is 0 Å². The minimum absolute atomic E-state index is 0.0953. The van der Waals surface area contributed by atoms with Crippen LogP contribution in [0.25, 0.3) is 0 Å². The van der Waals surface area contributed by atoms with Crippen LogP contribution in [0, 0.1) is 0 Å². The summed E-state index contributed by atoms with van der Waals surface area (Å²) in [5.41, 5.74) is -4.03. The third-order valence-corrected chi connectivity index (χ3v) is 6.71. The van der Waals surface area contributed by atoms with E-state index in [1.165, 1.54) is 0 Å². The van der Waals surface area contributed by atoms with E-state index in [9.17, 15) is 13.3 Å². The zero-order chi connectivity index (χ0) is 15.9. The molecule has 0 saturated heterocycles. The van der Waals surface area contributed by atoms with Crippen molar-refractivity contribution in [2.75, 3.05) is 19.8 Å². The van der Waals surface area contributed by atoms with Gasteiger partial charge in [0.05, 0.1) is 0 Å². The van der Waals surface area contributed by atoms with Crippen LogP contribution in [0.3, 0.4) is 0 Å². The molecule has 0 unspecified atom stereocenters. The smallest absolute Gasteiger partial charge is 0.374 e. The van der Waals surface area contributed by atoms with Crippen LogP contribution >= 0.6 is 7.60 Å². The Labute approximate surface area is 118 Å². The van der Waals surface area contributed by atoms with Crippen LogP contribution in [0.1, 0.15) is 33.6 Å². The summed E-state index contributed by atoms with van der Waals surface area (Å²) in [6.07, 6.45) is -1.08. The second-order valence-electron chi connectivity index (χ2n) is 4.05. The third kappa shape index (κ3) is 6.25. The SMILES string of the molecule is CCO[Si](CCCC(F)(F)P(=O)(O)O)(OCC)OCC. The molecule has 122 valence electrons. The molecule has 0 rings (SSSR count). The Hall–Kier alpha value is 0.107. The lowest BCUT2D eigenvalue weighted by Crippen LogP contribution is -2.46. The zero-order valence-electron chi connectivity index (χ0n) is 12.0. The highest BCUT2D eigenvalue weighted by molar-refractivity contribution is 7.53. The normalized spacial score (nSPS) is 13.8. The van der Waals surface area contributed by atoms with Crippen LogP contribution in [0.15, 0.2) is 0 Å². The summed E-state index contributed by atoms with van der Waals surface area (Å²) in [5.74, 6) is 0. The van der Waals surface area contributed by atoms with E-state index in [1.807, 2.05) is 0 Å². The molecule has 0 aromatic carbocycles. The van der Waals surface area contributed by atoms with Crippen molar-refractivity contribution in [3.05, 3.63) is 0 Å². The summed E-state index contributed by atoms with van der Waals surface area (Å²) in [4.78, 5) is 17.1. The number of hydrogen-bond donors (Lipinski definition) is 2. The van der Waals surface area contributed by atoms with Crippen molar-refractivity contribution in [2.24, 2.45) is 0 Å². The standard InChI is InChI=1S/C10H23F2O6PSi/c1-4-16-20(17-5-2,18-6-3)9-7-8-10(11,12)19(13,14)15/h4-9H2,1-3H3,(H2,13,14,15). The summed E-state index contributed by atoms with van der Waals surface area (Å²) in [6, 6.07) is 0.0953. The Kier molecular flexibility index (Phi) is 8.57. The van der Waals surface area contributed by atoms with Crippen LogP contribution in [0.2, 0.25) is 6.04 Å². The first-order valence-corrected chi connectivity index (χ1v) is 10.0. The maximum atomic E-state index is 13.2. The molecular weight excluding hydrogens is 313 g/mol. The molecule has 0 heterocycles. The first kappa shape index (κ1) is 20.1. The Morgan fingerprint density at radius 1 is 1.05 bits per heavy atom. The Balaban J connectivity index is 4.64. The van der Waals surface area contributed by atoms with Gasteiger partial charge in [0.1, 0.15) is 0 Å². The Morgan fingerprint density at radius 3 is 1.75 bits per heavy atom. The Morgan fingerprint density at radius 2 is 1.45 bits per heavy atom. The lowest BCUT2D eigenvalue weighted by Gasteiger charge is -2.29. The molecule has 0 spiro atoms. The lowest BCUT2D eigenvalue weighted by atomic mass is 10.3. The van der Waals surface area contributed by atoms with E-state index >= 15 is 0 Å². The molecule has 0 aliphatic heterocycles. The van der Waals surface area contributed by atoms with Crippen molar-refractivity contribution < 1.29 is 36.4 Å². The lowest BCUT2D eigenvalue weighted by molar-refractivity contribution is 0.0432. The maximum Gasteiger partial charge on any atom is 0.500 e. The average Bonchev–Trinajstić information content (AvgIpc) is 2.28. The Bertz CT molecular complexity index is 308. The van der Waals surface area contributed by atoms with Crippen molar-refractivity contribution in [1.29, 1.82) is 0 Å². The molecule has 0 fully saturated rings. The molecule has 0 bridgehead atoms. The van der Waals surface area contributed by atoms with E-state index in [-0.39, 0.29) is 12.5 Å². The van der Waals surface area contributed by atoms with Crippen LogP contribution in [0.5, 0.6) is 0 Å². The van der Waals surface area contributed by atoms with E-state index in [0.717, 1.165) is 0 Å². The number of alkyl halides is 2. The molecular formula is C10H23F2O6PSi. The second kappa shape index (κ2) is 8.53. The van der Waals surface area contributed by atoms with Gasteiger partial charge in [-0.25, -0.2) is 0 Å². The van der Waals surface area contributed by atoms with Gasteiger partial charge in [-0.3, -0.25) is 4.57 Å². The van der Waals surface area contributed by atoms with Gasteiger partial charge in [0.25, 0.3) is 0 Å². The first-order chi connectivity index (χ1) is 9.14. The summed E-state index contributed by atoms with van der Waals surface area (Å²) >= 11 is 0. The molecule has 0 aliphatic rings. The molecule has 0 saturated carbocycles. The third-order valence-electron chi connectivity index (χ3n) is 2.48. The van der Waals surface area contributed by atoms with E-state index in [0.29, 0.717) is 19.8 Å². The van der Waals surface area contributed by atoms with Crippen molar-refractivity contribution in [1.82, 2.24) is 0 Å².